The Labute approximate surface area is 108 Å². The number of benzene rings is 1. The molecule has 0 heterocycles. The van der Waals surface area contributed by atoms with Crippen LogP contribution in [0.25, 0.3) is 0 Å². The summed E-state index contributed by atoms with van der Waals surface area (Å²) in [5.74, 6) is 0.112. The number of halogens is 1. The average Bonchev–Trinajstić information content (AvgIpc) is 2.35. The molecular formula is C12H12BrNO3. The van der Waals surface area contributed by atoms with Crippen LogP contribution in [0.5, 0.6) is 5.75 Å². The molecule has 0 N–H and O–H groups in total. The predicted molar refractivity (Wildman–Crippen MR) is 65.6 cm³/mol. The first kappa shape index (κ1) is 13.5. The summed E-state index contributed by atoms with van der Waals surface area (Å²) >= 11 is 3.25. The Kier molecular flexibility index (Phi) is 4.98. The highest BCUT2D eigenvalue weighted by atomic mass is 79.9. The van der Waals surface area contributed by atoms with E-state index in [9.17, 15) is 4.79 Å². The number of hydrogen-bond acceptors (Lipinski definition) is 4. The molecule has 1 rings (SSSR count). The van der Waals surface area contributed by atoms with Crippen LogP contribution in [0.15, 0.2) is 22.7 Å². The van der Waals surface area contributed by atoms with Gasteiger partial charge in [-0.15, -0.1) is 0 Å². The molecule has 0 aliphatic heterocycles. The zero-order chi connectivity index (χ0) is 12.8. The highest BCUT2D eigenvalue weighted by molar-refractivity contribution is 9.10. The molecule has 0 saturated carbocycles. The van der Waals surface area contributed by atoms with E-state index < -0.39 is 12.1 Å². The Morgan fingerprint density at radius 1 is 1.59 bits per heavy atom. The lowest BCUT2D eigenvalue weighted by atomic mass is 10.2. The van der Waals surface area contributed by atoms with Crippen LogP contribution >= 0.6 is 15.9 Å². The standard InChI is InChI=1S/C12H12BrNO3/c1-3-11(12(15)16-2)17-9-5-4-8(7-14)10(13)6-9/h4-6,11H,3H2,1-2H3. The summed E-state index contributed by atoms with van der Waals surface area (Å²) in [4.78, 5) is 11.3. The molecule has 0 aliphatic carbocycles. The highest BCUT2D eigenvalue weighted by Crippen LogP contribution is 2.23. The number of nitrogens with zero attached hydrogens (tertiary/aromatic N) is 1. The average molecular weight is 298 g/mol. The molecule has 4 nitrogen and oxygen atoms in total. The molecule has 0 amide bonds. The lowest BCUT2D eigenvalue weighted by Gasteiger charge is -2.15. The molecule has 0 saturated heterocycles. The minimum absolute atomic E-state index is 0.409. The van der Waals surface area contributed by atoms with Gasteiger partial charge in [-0.25, -0.2) is 4.79 Å². The number of rotatable bonds is 4. The van der Waals surface area contributed by atoms with Gasteiger partial charge >= 0.3 is 5.97 Å². The van der Waals surface area contributed by atoms with Crippen molar-refractivity contribution < 1.29 is 14.3 Å². The Morgan fingerprint density at radius 3 is 2.76 bits per heavy atom. The predicted octanol–water partition coefficient (Wildman–Crippen LogP) is 2.65. The Bertz CT molecular complexity index is 454. The Balaban J connectivity index is 2.85. The molecule has 0 radical (unpaired) electrons. The summed E-state index contributed by atoms with van der Waals surface area (Å²) in [5.41, 5.74) is 0.517. The number of esters is 1. The third-order valence-electron chi connectivity index (χ3n) is 2.17. The summed E-state index contributed by atoms with van der Waals surface area (Å²) in [6.07, 6.45) is -0.107. The van der Waals surface area contributed by atoms with E-state index in [1.807, 2.05) is 13.0 Å². The van der Waals surface area contributed by atoms with E-state index in [1.165, 1.54) is 7.11 Å². The molecule has 5 heteroatoms. The summed E-state index contributed by atoms with van der Waals surface area (Å²) in [6, 6.07) is 6.96. The van der Waals surface area contributed by atoms with Crippen molar-refractivity contribution in [3.8, 4) is 11.8 Å². The van der Waals surface area contributed by atoms with Crippen molar-refractivity contribution in [3.63, 3.8) is 0 Å². The molecule has 0 aliphatic rings. The maximum Gasteiger partial charge on any atom is 0.347 e. The molecular weight excluding hydrogens is 286 g/mol. The van der Waals surface area contributed by atoms with Gasteiger partial charge in [-0.05, 0) is 40.5 Å². The minimum atomic E-state index is -0.625. The molecule has 1 aromatic rings. The maximum atomic E-state index is 11.3. The number of carbonyl (C=O) groups is 1. The van der Waals surface area contributed by atoms with Crippen molar-refractivity contribution in [2.75, 3.05) is 7.11 Å². The topological polar surface area (TPSA) is 59.3 Å². The molecule has 1 atom stereocenters. The summed E-state index contributed by atoms with van der Waals surface area (Å²) < 4.78 is 10.7. The van der Waals surface area contributed by atoms with E-state index in [4.69, 9.17) is 10.00 Å². The molecule has 0 fully saturated rings. The van der Waals surface area contributed by atoms with Crippen molar-refractivity contribution in [1.82, 2.24) is 0 Å². The van der Waals surface area contributed by atoms with Crippen molar-refractivity contribution >= 4 is 21.9 Å². The molecule has 1 unspecified atom stereocenters. The van der Waals surface area contributed by atoms with Gasteiger partial charge in [0, 0.05) is 4.47 Å². The molecule has 0 bridgehead atoms. The largest absolute Gasteiger partial charge is 0.479 e. The summed E-state index contributed by atoms with van der Waals surface area (Å²) in [6.45, 7) is 1.83. The van der Waals surface area contributed by atoms with Crippen molar-refractivity contribution in [2.45, 2.75) is 19.4 Å². The van der Waals surface area contributed by atoms with Crippen LogP contribution in [0.1, 0.15) is 18.9 Å². The lowest BCUT2D eigenvalue weighted by Crippen LogP contribution is -2.27. The van der Waals surface area contributed by atoms with Crippen LogP contribution in [0.2, 0.25) is 0 Å². The fourth-order valence-electron chi connectivity index (χ4n) is 1.25. The van der Waals surface area contributed by atoms with Gasteiger partial charge in [-0.3, -0.25) is 0 Å². The third kappa shape index (κ3) is 3.46. The van der Waals surface area contributed by atoms with Crippen molar-refractivity contribution in [1.29, 1.82) is 5.26 Å². The van der Waals surface area contributed by atoms with Crippen LogP contribution in [-0.4, -0.2) is 19.2 Å². The number of ether oxygens (including phenoxy) is 2. The molecule has 1 aromatic carbocycles. The van der Waals surface area contributed by atoms with Gasteiger partial charge in [0.1, 0.15) is 11.8 Å². The van der Waals surface area contributed by atoms with E-state index >= 15 is 0 Å². The first-order valence-corrected chi connectivity index (χ1v) is 5.85. The number of hydrogen-bond donors (Lipinski definition) is 0. The Morgan fingerprint density at radius 2 is 2.29 bits per heavy atom. The van der Waals surface area contributed by atoms with Gasteiger partial charge in [0.25, 0.3) is 0 Å². The van der Waals surface area contributed by atoms with E-state index in [0.717, 1.165) is 0 Å². The fourth-order valence-corrected chi connectivity index (χ4v) is 1.70. The smallest absolute Gasteiger partial charge is 0.347 e. The van der Waals surface area contributed by atoms with Crippen molar-refractivity contribution in [3.05, 3.63) is 28.2 Å². The second-order valence-electron chi connectivity index (χ2n) is 3.29. The third-order valence-corrected chi connectivity index (χ3v) is 2.83. The van der Waals surface area contributed by atoms with Crippen LogP contribution in [-0.2, 0) is 9.53 Å². The second-order valence-corrected chi connectivity index (χ2v) is 4.15. The normalized spacial score (nSPS) is 11.4. The molecule has 17 heavy (non-hydrogen) atoms. The zero-order valence-electron chi connectivity index (χ0n) is 9.57. The van der Waals surface area contributed by atoms with Crippen molar-refractivity contribution in [2.24, 2.45) is 0 Å². The quantitative estimate of drug-likeness (QED) is 0.802. The van der Waals surface area contributed by atoms with E-state index in [2.05, 4.69) is 20.7 Å². The lowest BCUT2D eigenvalue weighted by molar-refractivity contribution is -0.148. The van der Waals surface area contributed by atoms with Gasteiger partial charge in [0.2, 0.25) is 0 Å². The monoisotopic (exact) mass is 297 g/mol. The SMILES string of the molecule is CCC(Oc1ccc(C#N)c(Br)c1)C(=O)OC. The van der Waals surface area contributed by atoms with E-state index in [0.29, 0.717) is 22.2 Å². The van der Waals surface area contributed by atoms with Gasteiger partial charge in [0.05, 0.1) is 12.7 Å². The highest BCUT2D eigenvalue weighted by Gasteiger charge is 2.18. The van der Waals surface area contributed by atoms with Crippen LogP contribution in [0.4, 0.5) is 0 Å². The molecule has 0 aromatic heterocycles. The van der Waals surface area contributed by atoms with Gasteiger partial charge < -0.3 is 9.47 Å². The molecule has 0 spiro atoms. The zero-order valence-corrected chi connectivity index (χ0v) is 11.2. The number of methoxy groups -OCH3 is 1. The van der Waals surface area contributed by atoms with Gasteiger partial charge in [-0.2, -0.15) is 5.26 Å². The summed E-state index contributed by atoms with van der Waals surface area (Å²) in [5, 5.41) is 8.77. The van der Waals surface area contributed by atoms with E-state index in [1.54, 1.807) is 18.2 Å². The summed E-state index contributed by atoms with van der Waals surface area (Å²) in [7, 11) is 1.32. The second kappa shape index (κ2) is 6.26. The van der Waals surface area contributed by atoms with Gasteiger partial charge in [-0.1, -0.05) is 6.92 Å². The minimum Gasteiger partial charge on any atom is -0.479 e. The number of carbonyl (C=O) groups excluding carboxylic acids is 1. The van der Waals surface area contributed by atoms with Crippen LogP contribution in [0, 0.1) is 11.3 Å². The first-order valence-electron chi connectivity index (χ1n) is 5.06. The first-order chi connectivity index (χ1) is 8.12. The van der Waals surface area contributed by atoms with Crippen LogP contribution in [0.3, 0.4) is 0 Å². The van der Waals surface area contributed by atoms with Crippen LogP contribution < -0.4 is 4.74 Å². The maximum absolute atomic E-state index is 11.3. The fraction of sp³-hybridized carbons (Fsp3) is 0.333. The van der Waals surface area contributed by atoms with E-state index in [-0.39, 0.29) is 0 Å². The van der Waals surface area contributed by atoms with Gasteiger partial charge in [0.15, 0.2) is 6.10 Å². The molecule has 90 valence electrons. The number of nitriles is 1. The Hall–Kier alpha value is -1.54.